The average Bonchev–Trinajstić information content (AvgIpc) is 3.85. The maximum absolute atomic E-state index is 13.6. The molecule has 0 atom stereocenters. The van der Waals surface area contributed by atoms with Crippen molar-refractivity contribution in [2.24, 2.45) is 0 Å². The molecule has 0 unspecified atom stereocenters. The van der Waals surface area contributed by atoms with Crippen molar-refractivity contribution in [2.45, 2.75) is 6.92 Å². The van der Waals surface area contributed by atoms with Gasteiger partial charge in [-0.05, 0) is 79.7 Å². The van der Waals surface area contributed by atoms with Crippen LogP contribution >= 0.6 is 0 Å². The summed E-state index contributed by atoms with van der Waals surface area (Å²) < 4.78 is 13.3. The van der Waals surface area contributed by atoms with Gasteiger partial charge in [0.2, 0.25) is 5.43 Å². The summed E-state index contributed by atoms with van der Waals surface area (Å²) in [7, 11) is 0. The van der Waals surface area contributed by atoms with Gasteiger partial charge in [-0.2, -0.15) is 0 Å². The summed E-state index contributed by atoms with van der Waals surface area (Å²) >= 11 is 0. The fourth-order valence-corrected chi connectivity index (χ4v) is 8.60. The standard InChI is InChI=1S/C50H35N3O2/c1-5-15-43-35(7-3)34(6-2)42(8-4)51(43)31-22-25-38-39-26-23-32(52-44-19-12-9-16-36(44)37-17-10-13-20-45(37)52)29-47(39)53(46(38)28-31)33-24-27-41-49(30-33)55-48-21-14-11-18-40(48)50(41)54/h5-30H,1-2,4H2,3H3/b35-7-,43-15+. The van der Waals surface area contributed by atoms with Crippen LogP contribution in [0.2, 0.25) is 0 Å². The minimum atomic E-state index is -0.0429. The van der Waals surface area contributed by atoms with Crippen LogP contribution in [0, 0.1) is 0 Å². The smallest absolute Gasteiger partial charge is 0.200 e. The maximum Gasteiger partial charge on any atom is 0.200 e. The zero-order chi connectivity index (χ0) is 37.4. The van der Waals surface area contributed by atoms with Crippen molar-refractivity contribution in [3.8, 4) is 17.1 Å². The summed E-state index contributed by atoms with van der Waals surface area (Å²) in [5.74, 6) is 0. The molecule has 0 saturated heterocycles. The molecule has 0 N–H and O–H groups in total. The average molecular weight is 710 g/mol. The predicted molar refractivity (Wildman–Crippen MR) is 232 cm³/mol. The van der Waals surface area contributed by atoms with E-state index in [1.165, 1.54) is 10.8 Å². The van der Waals surface area contributed by atoms with Crippen LogP contribution in [0.4, 0.5) is 0 Å². The summed E-state index contributed by atoms with van der Waals surface area (Å²) in [5.41, 5.74) is 10.2. The molecule has 0 spiro atoms. The van der Waals surface area contributed by atoms with Crippen LogP contribution in [0.5, 0.6) is 0 Å². The van der Waals surface area contributed by atoms with Crippen LogP contribution in [0.1, 0.15) is 18.2 Å². The lowest BCUT2D eigenvalue weighted by molar-refractivity contribution is 0.659. The second-order valence-corrected chi connectivity index (χ2v) is 13.7. The second kappa shape index (κ2) is 12.4. The molecular formula is C50H35N3O2. The lowest BCUT2D eigenvalue weighted by Crippen LogP contribution is -2.28. The molecule has 0 bridgehead atoms. The van der Waals surface area contributed by atoms with Gasteiger partial charge in [0, 0.05) is 55.5 Å². The number of aromatic nitrogens is 3. The molecule has 10 rings (SSSR count). The molecule has 5 nitrogen and oxygen atoms in total. The second-order valence-electron chi connectivity index (χ2n) is 13.7. The third-order valence-electron chi connectivity index (χ3n) is 10.9. The van der Waals surface area contributed by atoms with Gasteiger partial charge in [-0.3, -0.25) is 4.79 Å². The van der Waals surface area contributed by atoms with E-state index in [1.807, 2.05) is 73.7 Å². The van der Waals surface area contributed by atoms with Gasteiger partial charge in [0.05, 0.1) is 43.9 Å². The van der Waals surface area contributed by atoms with Gasteiger partial charge in [0.15, 0.2) is 0 Å². The van der Waals surface area contributed by atoms with E-state index in [2.05, 4.69) is 124 Å². The number of fused-ring (bicyclic) bond motifs is 8. The van der Waals surface area contributed by atoms with Crippen LogP contribution < -0.4 is 16.0 Å². The number of hydrogen-bond acceptors (Lipinski definition) is 2. The van der Waals surface area contributed by atoms with E-state index in [1.54, 1.807) is 0 Å². The summed E-state index contributed by atoms with van der Waals surface area (Å²) in [6.45, 7) is 14.4. The highest BCUT2D eigenvalue weighted by atomic mass is 16.3. The molecule has 6 aromatic carbocycles. The van der Waals surface area contributed by atoms with Crippen LogP contribution in [0.3, 0.4) is 0 Å². The molecule has 10 aromatic rings. The molecule has 4 aromatic heterocycles. The summed E-state index contributed by atoms with van der Waals surface area (Å²) in [5, 5.41) is 7.80. The van der Waals surface area contributed by atoms with Crippen molar-refractivity contribution in [3.63, 3.8) is 0 Å². The first kappa shape index (κ1) is 32.3. The maximum atomic E-state index is 13.6. The molecule has 0 radical (unpaired) electrons. The molecule has 262 valence electrons. The SMILES string of the molecule is C=C/C=c1\c(=C/C)c(C=C)c(C=C)n1-c1ccc2c3ccc(-n4c5ccccc5c5ccccc54)cc3n(-c3ccc4c(=O)c5ccccc5oc4c3)c2c1. The zero-order valence-corrected chi connectivity index (χ0v) is 30.3. The fraction of sp³-hybridized carbons (Fsp3) is 0.0200. The molecule has 0 fully saturated rings. The Hall–Kier alpha value is -7.37. The van der Waals surface area contributed by atoms with Crippen LogP contribution in [0.25, 0.3) is 107 Å². The Morgan fingerprint density at radius 3 is 1.64 bits per heavy atom. The fourth-order valence-electron chi connectivity index (χ4n) is 8.60. The van der Waals surface area contributed by atoms with Gasteiger partial charge in [-0.25, -0.2) is 0 Å². The van der Waals surface area contributed by atoms with Gasteiger partial charge < -0.3 is 18.1 Å². The summed E-state index contributed by atoms with van der Waals surface area (Å²) in [6.07, 6.45) is 9.73. The minimum Gasteiger partial charge on any atom is -0.456 e. The Morgan fingerprint density at radius 2 is 1.04 bits per heavy atom. The Bertz CT molecular complexity index is 3420. The zero-order valence-electron chi connectivity index (χ0n) is 30.3. The third-order valence-corrected chi connectivity index (χ3v) is 10.9. The number of hydrogen-bond donors (Lipinski definition) is 0. The van der Waals surface area contributed by atoms with Crippen molar-refractivity contribution >= 4 is 89.9 Å². The monoisotopic (exact) mass is 709 g/mol. The molecule has 0 aliphatic rings. The lowest BCUT2D eigenvalue weighted by Gasteiger charge is -2.13. The van der Waals surface area contributed by atoms with E-state index < -0.39 is 0 Å². The number of benzene rings is 6. The van der Waals surface area contributed by atoms with Crippen LogP contribution in [-0.2, 0) is 0 Å². The van der Waals surface area contributed by atoms with E-state index in [0.29, 0.717) is 21.9 Å². The van der Waals surface area contributed by atoms with Gasteiger partial charge in [0.25, 0.3) is 0 Å². The first-order valence-electron chi connectivity index (χ1n) is 18.4. The highest BCUT2D eigenvalue weighted by Crippen LogP contribution is 2.38. The Kier molecular flexibility index (Phi) is 7.26. The molecule has 5 heteroatoms. The van der Waals surface area contributed by atoms with Crippen molar-refractivity contribution in [1.29, 1.82) is 0 Å². The minimum absolute atomic E-state index is 0.0429. The van der Waals surface area contributed by atoms with Crippen LogP contribution in [0.15, 0.2) is 162 Å². The number of allylic oxidation sites excluding steroid dienone is 1. The van der Waals surface area contributed by atoms with Gasteiger partial charge in [-0.15, -0.1) is 0 Å². The first-order chi connectivity index (χ1) is 27.0. The van der Waals surface area contributed by atoms with E-state index >= 15 is 0 Å². The molecular weight excluding hydrogens is 675 g/mol. The van der Waals surface area contributed by atoms with Crippen molar-refractivity contribution in [2.75, 3.05) is 0 Å². The largest absolute Gasteiger partial charge is 0.456 e. The summed E-state index contributed by atoms with van der Waals surface area (Å²) in [6, 6.07) is 43.8. The topological polar surface area (TPSA) is 45.0 Å². The van der Waals surface area contributed by atoms with E-state index in [0.717, 1.165) is 71.7 Å². The van der Waals surface area contributed by atoms with E-state index in [-0.39, 0.29) is 5.43 Å². The van der Waals surface area contributed by atoms with Crippen molar-refractivity contribution in [3.05, 3.63) is 185 Å². The van der Waals surface area contributed by atoms with Crippen molar-refractivity contribution in [1.82, 2.24) is 13.7 Å². The van der Waals surface area contributed by atoms with E-state index in [9.17, 15) is 4.79 Å². The third kappa shape index (κ3) is 4.63. The first-order valence-corrected chi connectivity index (χ1v) is 18.4. The van der Waals surface area contributed by atoms with Crippen LogP contribution in [-0.4, -0.2) is 13.7 Å². The Balaban J connectivity index is 1.32. The van der Waals surface area contributed by atoms with Crippen molar-refractivity contribution < 1.29 is 4.42 Å². The Morgan fingerprint density at radius 1 is 0.527 bits per heavy atom. The van der Waals surface area contributed by atoms with Gasteiger partial charge in [0.1, 0.15) is 11.2 Å². The lowest BCUT2D eigenvalue weighted by atomic mass is 10.1. The summed E-state index contributed by atoms with van der Waals surface area (Å²) in [4.78, 5) is 13.6. The molecule has 0 saturated carbocycles. The van der Waals surface area contributed by atoms with E-state index in [4.69, 9.17) is 4.42 Å². The molecule has 55 heavy (non-hydrogen) atoms. The predicted octanol–water partition coefficient (Wildman–Crippen LogP) is 11.0. The van der Waals surface area contributed by atoms with Gasteiger partial charge in [-0.1, -0.05) is 98.6 Å². The highest BCUT2D eigenvalue weighted by Gasteiger charge is 2.20. The number of rotatable bonds is 6. The number of para-hydroxylation sites is 3. The Labute approximate surface area is 316 Å². The quantitative estimate of drug-likeness (QED) is 0.161. The highest BCUT2D eigenvalue weighted by molar-refractivity contribution is 6.12. The normalized spacial score (nSPS) is 12.6. The molecule has 0 amide bonds. The molecule has 0 aliphatic carbocycles. The van der Waals surface area contributed by atoms with Gasteiger partial charge >= 0.3 is 0 Å². The molecule has 4 heterocycles. The molecule has 0 aliphatic heterocycles. The number of nitrogens with zero attached hydrogens (tertiary/aromatic N) is 3.